The molecule has 0 spiro atoms. The van der Waals surface area contributed by atoms with Crippen LogP contribution >= 0.6 is 34.7 Å². The molecule has 1 saturated heterocycles. The minimum atomic E-state index is -0.411. The minimum Gasteiger partial charge on any atom is -0.502 e. The molecular formula is C27H23ClN2O6S2. The zero-order chi connectivity index (χ0) is 26.5. The second-order valence-corrected chi connectivity index (χ2v) is 12.9. The van der Waals surface area contributed by atoms with Crippen molar-refractivity contribution in [2.75, 3.05) is 19.1 Å². The smallest absolute Gasteiger partial charge is 0.305 e. The average molecular weight is 571 g/mol. The van der Waals surface area contributed by atoms with Gasteiger partial charge in [0.25, 0.3) is 0 Å². The lowest BCUT2D eigenvalue weighted by atomic mass is 9.68. The van der Waals surface area contributed by atoms with Crippen LogP contribution in [0.3, 0.4) is 0 Å². The van der Waals surface area contributed by atoms with E-state index in [4.69, 9.17) is 21.1 Å². The molecule has 3 aromatic rings. The van der Waals surface area contributed by atoms with Crippen molar-refractivity contribution >= 4 is 52.2 Å². The van der Waals surface area contributed by atoms with Gasteiger partial charge in [-0.15, -0.1) is 11.8 Å². The second-order valence-electron chi connectivity index (χ2n) is 10.2. The summed E-state index contributed by atoms with van der Waals surface area (Å²) < 4.78 is 10.9. The third-order valence-corrected chi connectivity index (χ3v) is 11.5. The van der Waals surface area contributed by atoms with Gasteiger partial charge < -0.3 is 19.6 Å². The number of methoxy groups -OCH3 is 2. The van der Waals surface area contributed by atoms with Crippen LogP contribution in [0.2, 0.25) is 5.02 Å². The fourth-order valence-corrected chi connectivity index (χ4v) is 10.3. The maximum absolute atomic E-state index is 13.8. The number of rotatable bonds is 4. The van der Waals surface area contributed by atoms with Crippen LogP contribution in [0.15, 0.2) is 46.2 Å². The Bertz CT molecular complexity index is 1530. The first-order chi connectivity index (χ1) is 18.3. The maximum Gasteiger partial charge on any atom is 0.305 e. The van der Waals surface area contributed by atoms with Crippen molar-refractivity contribution < 1.29 is 24.2 Å². The van der Waals surface area contributed by atoms with E-state index in [2.05, 4.69) is 4.98 Å². The molecule has 7 rings (SSSR count). The van der Waals surface area contributed by atoms with Crippen LogP contribution < -0.4 is 19.2 Å². The first-order valence-corrected chi connectivity index (χ1v) is 14.4. The molecule has 2 amide bonds. The Morgan fingerprint density at radius 3 is 2.26 bits per heavy atom. The van der Waals surface area contributed by atoms with E-state index < -0.39 is 5.92 Å². The van der Waals surface area contributed by atoms with E-state index >= 15 is 0 Å². The highest BCUT2D eigenvalue weighted by molar-refractivity contribution is 8.00. The van der Waals surface area contributed by atoms with Crippen LogP contribution in [0.25, 0.3) is 0 Å². The summed E-state index contributed by atoms with van der Waals surface area (Å²) in [4.78, 5) is 45.1. The molecule has 2 aliphatic carbocycles. The van der Waals surface area contributed by atoms with Crippen molar-refractivity contribution in [3.05, 3.63) is 61.5 Å². The quantitative estimate of drug-likeness (QED) is 0.445. The monoisotopic (exact) mass is 570 g/mol. The number of phenols is 1. The number of aromatic hydroxyl groups is 1. The summed E-state index contributed by atoms with van der Waals surface area (Å²) in [5, 5.41) is 11.9. The van der Waals surface area contributed by atoms with Crippen LogP contribution in [0.1, 0.15) is 22.8 Å². The zero-order valence-corrected chi connectivity index (χ0v) is 22.7. The van der Waals surface area contributed by atoms with Gasteiger partial charge in [0.1, 0.15) is 0 Å². The third-order valence-electron chi connectivity index (χ3n) is 8.67. The van der Waals surface area contributed by atoms with Gasteiger partial charge in [-0.25, -0.2) is 0 Å². The highest BCUT2D eigenvalue weighted by Gasteiger charge is 2.69. The number of aromatic amines is 1. The molecule has 11 heteroatoms. The van der Waals surface area contributed by atoms with Crippen LogP contribution in [0.4, 0.5) is 5.69 Å². The third kappa shape index (κ3) is 3.20. The highest BCUT2D eigenvalue weighted by Crippen LogP contribution is 2.69. The predicted molar refractivity (Wildman–Crippen MR) is 144 cm³/mol. The largest absolute Gasteiger partial charge is 0.502 e. The van der Waals surface area contributed by atoms with Crippen LogP contribution in [0, 0.1) is 29.6 Å². The number of fused-ring (bicyclic) bond motifs is 9. The molecule has 8 nitrogen and oxygen atoms in total. The molecule has 2 bridgehead atoms. The number of carbonyl (C=O) groups excluding carboxylic acids is 2. The number of hydrogen-bond acceptors (Lipinski definition) is 8. The van der Waals surface area contributed by atoms with E-state index in [0.717, 1.165) is 21.9 Å². The van der Waals surface area contributed by atoms with E-state index in [1.807, 2.05) is 0 Å². The Hall–Kier alpha value is -2.95. The summed E-state index contributed by atoms with van der Waals surface area (Å²) in [6, 6.07) is 10.4. The number of hydrogen-bond donors (Lipinski definition) is 2. The number of anilines is 1. The molecule has 3 heterocycles. The van der Waals surface area contributed by atoms with Crippen LogP contribution in [-0.2, 0) is 9.59 Å². The Morgan fingerprint density at radius 2 is 1.63 bits per heavy atom. The standard InChI is InChI=1S/C27H23ClN2O6S2/c1-35-15-7-10(8-16(36-2)21(15)31)17-18-13-9-14(22(18)37-24-23(17)38-27(34)29-24)20-19(13)25(32)30(26(20)33)12-5-3-11(28)4-6-12/h3-8,13-14,17-20,22,31H,9H2,1-2H3,(H,29,34)/t13-,14-,17+,18+,19+,20+,22-/m1/s1. The molecule has 0 unspecified atom stereocenters. The maximum atomic E-state index is 13.8. The molecule has 2 aromatic carbocycles. The average Bonchev–Trinajstić information content (AvgIpc) is 3.64. The van der Waals surface area contributed by atoms with Crippen molar-refractivity contribution in [1.82, 2.24) is 4.98 Å². The Balaban J connectivity index is 1.34. The Morgan fingerprint density at radius 1 is 1.00 bits per heavy atom. The molecule has 7 atom stereocenters. The number of carbonyl (C=O) groups is 2. The number of H-pyrrole nitrogens is 1. The summed E-state index contributed by atoms with van der Waals surface area (Å²) in [7, 11) is 2.96. The number of thioether (sulfide) groups is 1. The summed E-state index contributed by atoms with van der Waals surface area (Å²) in [5.41, 5.74) is 1.39. The number of benzene rings is 2. The molecule has 0 radical (unpaired) electrons. The first kappa shape index (κ1) is 24.1. The Labute approximate surface area is 230 Å². The summed E-state index contributed by atoms with van der Waals surface area (Å²) in [5.74, 6) is -0.857. The van der Waals surface area contributed by atoms with Crippen molar-refractivity contribution in [1.29, 1.82) is 0 Å². The fourth-order valence-electron chi connectivity index (χ4n) is 7.33. The van der Waals surface area contributed by atoms with Gasteiger partial charge in [-0.3, -0.25) is 19.3 Å². The molecule has 38 heavy (non-hydrogen) atoms. The van der Waals surface area contributed by atoms with Gasteiger partial charge in [-0.2, -0.15) is 0 Å². The van der Waals surface area contributed by atoms with Crippen molar-refractivity contribution in [3.63, 3.8) is 0 Å². The van der Waals surface area contributed by atoms with Gasteiger partial charge in [0.15, 0.2) is 11.5 Å². The molecular weight excluding hydrogens is 548 g/mol. The van der Waals surface area contributed by atoms with E-state index in [9.17, 15) is 19.5 Å². The highest BCUT2D eigenvalue weighted by atomic mass is 35.5. The normalized spacial score (nSPS) is 30.8. The fraction of sp³-hybridized carbons (Fsp3) is 0.370. The summed E-state index contributed by atoms with van der Waals surface area (Å²) in [6.45, 7) is 0. The number of nitrogens with zero attached hydrogens (tertiary/aromatic N) is 1. The van der Waals surface area contributed by atoms with Crippen molar-refractivity contribution in [2.24, 2.45) is 29.6 Å². The lowest BCUT2D eigenvalue weighted by Crippen LogP contribution is -2.42. The zero-order valence-electron chi connectivity index (χ0n) is 20.3. The minimum absolute atomic E-state index is 0.00806. The van der Waals surface area contributed by atoms with Gasteiger partial charge in [0, 0.05) is 21.1 Å². The van der Waals surface area contributed by atoms with E-state index in [1.165, 1.54) is 30.5 Å². The second kappa shape index (κ2) is 8.53. The van der Waals surface area contributed by atoms with Crippen LogP contribution in [-0.4, -0.2) is 41.4 Å². The van der Waals surface area contributed by atoms with E-state index in [-0.39, 0.29) is 68.8 Å². The van der Waals surface area contributed by atoms with Gasteiger partial charge in [0.05, 0.1) is 36.8 Å². The molecule has 2 saturated carbocycles. The van der Waals surface area contributed by atoms with E-state index in [1.54, 1.807) is 48.2 Å². The number of imide groups is 1. The molecule has 1 aromatic heterocycles. The number of phenolic OH excluding ortho intramolecular Hbond substituents is 1. The SMILES string of the molecule is COc1cc([C@@H]2c3sc(=O)[nH]c3S[C@@H]3[C@@H]4C[C@@H]([C@@H]5C(=O)N(c6ccc(Cl)cc6)C(=O)[C@@H]45)[C@@H]23)cc(OC)c1O. The molecule has 3 fully saturated rings. The lowest BCUT2D eigenvalue weighted by Gasteiger charge is -2.43. The molecule has 196 valence electrons. The van der Waals surface area contributed by atoms with Gasteiger partial charge in [0.2, 0.25) is 17.6 Å². The topological polar surface area (TPSA) is 109 Å². The molecule has 4 aliphatic rings. The molecule has 2 N–H and O–H groups in total. The van der Waals surface area contributed by atoms with Crippen molar-refractivity contribution in [3.8, 4) is 17.2 Å². The van der Waals surface area contributed by atoms with Gasteiger partial charge in [-0.05, 0) is 66.1 Å². The summed E-state index contributed by atoms with van der Waals surface area (Å²) >= 11 is 8.85. The number of thiazole rings is 1. The first-order valence-electron chi connectivity index (χ1n) is 12.3. The summed E-state index contributed by atoms with van der Waals surface area (Å²) in [6.07, 6.45) is 0.783. The predicted octanol–water partition coefficient (Wildman–Crippen LogP) is 4.49. The molecule has 2 aliphatic heterocycles. The van der Waals surface area contributed by atoms with E-state index in [0.29, 0.717) is 10.7 Å². The number of ether oxygens (including phenoxy) is 2. The number of nitrogens with one attached hydrogen (secondary N) is 1. The van der Waals surface area contributed by atoms with Crippen LogP contribution in [0.5, 0.6) is 17.2 Å². The number of halogens is 1. The Kier molecular flexibility index (Phi) is 5.41. The lowest BCUT2D eigenvalue weighted by molar-refractivity contribution is -0.123. The van der Waals surface area contributed by atoms with Gasteiger partial charge >= 0.3 is 4.87 Å². The number of aromatic nitrogens is 1. The number of amides is 2. The van der Waals surface area contributed by atoms with Crippen molar-refractivity contribution in [2.45, 2.75) is 22.6 Å². The van der Waals surface area contributed by atoms with Gasteiger partial charge in [-0.1, -0.05) is 22.9 Å².